The van der Waals surface area contributed by atoms with E-state index >= 15 is 0 Å². The van der Waals surface area contributed by atoms with Crippen LogP contribution in [0.25, 0.3) is 0 Å². The molecule has 2 aromatic rings. The third kappa shape index (κ3) is 1.95. The van der Waals surface area contributed by atoms with Crippen molar-refractivity contribution in [2.75, 3.05) is 0 Å². The normalized spacial score (nSPS) is 23.6. The van der Waals surface area contributed by atoms with Gasteiger partial charge in [-0.3, -0.25) is 4.98 Å². The Morgan fingerprint density at radius 1 is 1.20 bits per heavy atom. The summed E-state index contributed by atoms with van der Waals surface area (Å²) >= 11 is 3.48. The average Bonchev–Trinajstić information content (AvgIpc) is 2.92. The highest BCUT2D eigenvalue weighted by Crippen LogP contribution is 2.38. The van der Waals surface area contributed by atoms with E-state index in [-0.39, 0.29) is 12.1 Å². The third-order valence-corrected chi connectivity index (χ3v) is 4.27. The fourth-order valence-corrected chi connectivity index (χ4v) is 3.26. The second-order valence-electron chi connectivity index (χ2n) is 5.14. The van der Waals surface area contributed by atoms with Crippen molar-refractivity contribution in [1.29, 1.82) is 0 Å². The van der Waals surface area contributed by atoms with Crippen molar-refractivity contribution in [2.24, 2.45) is 4.99 Å². The molecule has 0 saturated heterocycles. The molecule has 1 aliphatic carbocycles. The van der Waals surface area contributed by atoms with Gasteiger partial charge in [-0.1, -0.05) is 18.2 Å². The van der Waals surface area contributed by atoms with Crippen LogP contribution in [0.4, 0.5) is 0 Å². The number of hydrogen-bond donors (Lipinski definition) is 0. The van der Waals surface area contributed by atoms with Crippen molar-refractivity contribution in [3.05, 3.63) is 63.9 Å². The number of rotatable bonds is 1. The van der Waals surface area contributed by atoms with Gasteiger partial charge in [0, 0.05) is 16.2 Å². The van der Waals surface area contributed by atoms with Crippen molar-refractivity contribution < 1.29 is 4.74 Å². The van der Waals surface area contributed by atoms with E-state index in [1.165, 1.54) is 5.56 Å². The molecule has 0 N–H and O–H groups in total. The summed E-state index contributed by atoms with van der Waals surface area (Å²) in [5.74, 6) is 0.748. The van der Waals surface area contributed by atoms with E-state index in [9.17, 15) is 0 Å². The van der Waals surface area contributed by atoms with Gasteiger partial charge in [0.25, 0.3) is 0 Å². The van der Waals surface area contributed by atoms with Gasteiger partial charge in [-0.15, -0.1) is 0 Å². The molecule has 1 aromatic heterocycles. The summed E-state index contributed by atoms with van der Waals surface area (Å²) in [6, 6.07) is 12.3. The van der Waals surface area contributed by atoms with Crippen LogP contribution in [-0.4, -0.2) is 17.0 Å². The minimum Gasteiger partial charge on any atom is -0.471 e. The summed E-state index contributed by atoms with van der Waals surface area (Å²) in [5, 5.41) is 0. The Balaban J connectivity index is 1.74. The number of halogens is 1. The molecule has 0 amide bonds. The number of benzene rings is 1. The molecule has 2 aliphatic rings. The van der Waals surface area contributed by atoms with Gasteiger partial charge in [0.2, 0.25) is 5.90 Å². The largest absolute Gasteiger partial charge is 0.471 e. The molecule has 1 aromatic carbocycles. The van der Waals surface area contributed by atoms with Crippen LogP contribution in [0.5, 0.6) is 0 Å². The Morgan fingerprint density at radius 3 is 2.90 bits per heavy atom. The van der Waals surface area contributed by atoms with E-state index in [1.54, 1.807) is 0 Å². The van der Waals surface area contributed by atoms with Crippen molar-refractivity contribution in [3.63, 3.8) is 0 Å². The van der Waals surface area contributed by atoms with E-state index in [2.05, 4.69) is 27.0 Å². The SMILES string of the molecule is Brc1cnc2c(c1)CC[C@@H]1OC(c3ccccc3)=N[C@H]21. The quantitative estimate of drug-likeness (QED) is 0.800. The van der Waals surface area contributed by atoms with Crippen LogP contribution in [0.2, 0.25) is 0 Å². The maximum Gasteiger partial charge on any atom is 0.217 e. The molecular weight excluding hydrogens is 316 g/mol. The molecule has 2 heterocycles. The summed E-state index contributed by atoms with van der Waals surface area (Å²) in [4.78, 5) is 9.32. The van der Waals surface area contributed by atoms with Crippen LogP contribution in [-0.2, 0) is 11.2 Å². The molecule has 0 unspecified atom stereocenters. The molecule has 4 rings (SSSR count). The number of fused-ring (bicyclic) bond motifs is 3. The van der Waals surface area contributed by atoms with Gasteiger partial charge in [0.15, 0.2) is 0 Å². The lowest BCUT2D eigenvalue weighted by Crippen LogP contribution is -2.24. The maximum atomic E-state index is 6.04. The zero-order valence-corrected chi connectivity index (χ0v) is 12.4. The van der Waals surface area contributed by atoms with E-state index < -0.39 is 0 Å². The summed E-state index contributed by atoms with van der Waals surface area (Å²) < 4.78 is 7.07. The number of aryl methyl sites for hydroxylation is 1. The molecule has 20 heavy (non-hydrogen) atoms. The lowest BCUT2D eigenvalue weighted by molar-refractivity contribution is 0.172. The molecule has 4 heteroatoms. The lowest BCUT2D eigenvalue weighted by Gasteiger charge is -2.24. The van der Waals surface area contributed by atoms with Gasteiger partial charge in [0.05, 0.1) is 5.69 Å². The number of aromatic nitrogens is 1. The van der Waals surface area contributed by atoms with Crippen LogP contribution in [0.1, 0.15) is 29.3 Å². The number of pyridine rings is 1. The van der Waals surface area contributed by atoms with E-state index in [1.807, 2.05) is 36.5 Å². The minimum atomic E-state index is 0.0436. The average molecular weight is 329 g/mol. The van der Waals surface area contributed by atoms with E-state index in [0.717, 1.165) is 34.5 Å². The molecule has 100 valence electrons. The van der Waals surface area contributed by atoms with E-state index in [0.29, 0.717) is 0 Å². The number of ether oxygens (including phenoxy) is 1. The van der Waals surface area contributed by atoms with Crippen LogP contribution in [0, 0.1) is 0 Å². The van der Waals surface area contributed by atoms with Gasteiger partial charge in [0.1, 0.15) is 12.1 Å². The first-order valence-corrected chi connectivity index (χ1v) is 7.55. The van der Waals surface area contributed by atoms with Crippen molar-refractivity contribution >= 4 is 21.8 Å². The van der Waals surface area contributed by atoms with Crippen LogP contribution in [0.15, 0.2) is 52.1 Å². The third-order valence-electron chi connectivity index (χ3n) is 3.84. The first-order chi connectivity index (χ1) is 9.81. The zero-order valence-electron chi connectivity index (χ0n) is 10.8. The molecule has 2 atom stereocenters. The summed E-state index contributed by atoms with van der Waals surface area (Å²) in [6.45, 7) is 0. The van der Waals surface area contributed by atoms with Gasteiger partial charge in [-0.25, -0.2) is 4.99 Å². The molecule has 1 aliphatic heterocycles. The molecule has 0 bridgehead atoms. The Labute approximate surface area is 125 Å². The monoisotopic (exact) mass is 328 g/mol. The fraction of sp³-hybridized carbons (Fsp3) is 0.250. The topological polar surface area (TPSA) is 34.5 Å². The van der Waals surface area contributed by atoms with Crippen LogP contribution < -0.4 is 0 Å². The minimum absolute atomic E-state index is 0.0436. The molecule has 3 nitrogen and oxygen atoms in total. The standard InChI is InChI=1S/C16H13BrN2O/c17-12-8-11-6-7-13-15(14(11)18-9-12)19-16(20-13)10-4-2-1-3-5-10/h1-5,8-9,13,15H,6-7H2/t13-,15-/m0/s1. The first-order valence-electron chi connectivity index (χ1n) is 6.75. The van der Waals surface area contributed by atoms with Gasteiger partial charge in [-0.2, -0.15) is 0 Å². The summed E-state index contributed by atoms with van der Waals surface area (Å²) in [7, 11) is 0. The Kier molecular flexibility index (Phi) is 2.84. The predicted molar refractivity (Wildman–Crippen MR) is 80.9 cm³/mol. The number of nitrogens with zero attached hydrogens (tertiary/aromatic N) is 2. The van der Waals surface area contributed by atoms with Crippen LogP contribution >= 0.6 is 15.9 Å². The molecular formula is C16H13BrN2O. The zero-order chi connectivity index (χ0) is 13.5. The van der Waals surface area contributed by atoms with Crippen molar-refractivity contribution in [3.8, 4) is 0 Å². The Bertz CT molecular complexity index is 684. The lowest BCUT2D eigenvalue weighted by atomic mass is 9.90. The fourth-order valence-electron chi connectivity index (χ4n) is 2.88. The predicted octanol–water partition coefficient (Wildman–Crippen LogP) is 3.68. The Morgan fingerprint density at radius 2 is 2.05 bits per heavy atom. The second kappa shape index (κ2) is 4.70. The first kappa shape index (κ1) is 12.1. The van der Waals surface area contributed by atoms with Gasteiger partial charge < -0.3 is 4.74 Å². The highest BCUT2D eigenvalue weighted by molar-refractivity contribution is 9.10. The smallest absolute Gasteiger partial charge is 0.217 e. The highest BCUT2D eigenvalue weighted by atomic mass is 79.9. The number of hydrogen-bond acceptors (Lipinski definition) is 3. The van der Waals surface area contributed by atoms with Gasteiger partial charge in [-0.05, 0) is 52.5 Å². The van der Waals surface area contributed by atoms with Crippen molar-refractivity contribution in [2.45, 2.75) is 25.0 Å². The number of aliphatic imine (C=N–C) groups is 1. The molecule has 0 saturated carbocycles. The van der Waals surface area contributed by atoms with Crippen LogP contribution in [0.3, 0.4) is 0 Å². The summed E-state index contributed by atoms with van der Waals surface area (Å²) in [5.41, 5.74) is 3.39. The van der Waals surface area contributed by atoms with E-state index in [4.69, 9.17) is 9.73 Å². The molecule has 0 spiro atoms. The molecule has 0 fully saturated rings. The maximum absolute atomic E-state index is 6.04. The second-order valence-corrected chi connectivity index (χ2v) is 6.05. The molecule has 0 radical (unpaired) electrons. The van der Waals surface area contributed by atoms with Gasteiger partial charge >= 0.3 is 0 Å². The highest BCUT2D eigenvalue weighted by Gasteiger charge is 2.38. The Hall–Kier alpha value is -1.68. The van der Waals surface area contributed by atoms with Crippen molar-refractivity contribution in [1.82, 2.24) is 4.98 Å². The summed E-state index contributed by atoms with van der Waals surface area (Å²) in [6.07, 6.45) is 3.97.